The molecule has 1 aromatic carbocycles. The van der Waals surface area contributed by atoms with E-state index < -0.39 is 28.4 Å². The van der Waals surface area contributed by atoms with Gasteiger partial charge in [0.25, 0.3) is 0 Å². The number of nitrogens with zero attached hydrogens (tertiary/aromatic N) is 1. The molecule has 0 radical (unpaired) electrons. The van der Waals surface area contributed by atoms with Crippen molar-refractivity contribution in [2.75, 3.05) is 16.6 Å². The number of carboxylic acid groups (broad SMARTS) is 1. The van der Waals surface area contributed by atoms with Crippen molar-refractivity contribution < 1.29 is 22.7 Å². The van der Waals surface area contributed by atoms with Crippen LogP contribution < -0.4 is 4.31 Å². The minimum Gasteiger partial charge on any atom is -0.480 e. The minimum atomic E-state index is -3.74. The molecule has 1 aromatic rings. The highest BCUT2D eigenvalue weighted by molar-refractivity contribution is 9.10. The van der Waals surface area contributed by atoms with E-state index in [2.05, 4.69) is 15.9 Å². The second kappa shape index (κ2) is 5.66. The molecule has 0 saturated carbocycles. The van der Waals surface area contributed by atoms with Crippen molar-refractivity contribution in [2.24, 2.45) is 0 Å². The summed E-state index contributed by atoms with van der Waals surface area (Å²) in [5.41, 5.74) is 0.0978. The highest BCUT2D eigenvalue weighted by Crippen LogP contribution is 2.29. The van der Waals surface area contributed by atoms with Crippen molar-refractivity contribution in [3.8, 4) is 0 Å². The summed E-state index contributed by atoms with van der Waals surface area (Å²) in [5, 5.41) is 8.75. The number of benzene rings is 1. The van der Waals surface area contributed by atoms with Crippen LogP contribution >= 0.6 is 15.9 Å². The predicted octanol–water partition coefficient (Wildman–Crippen LogP) is 1.83. The van der Waals surface area contributed by atoms with Crippen LogP contribution in [0.4, 0.5) is 10.1 Å². The van der Waals surface area contributed by atoms with Crippen molar-refractivity contribution >= 4 is 37.6 Å². The fourth-order valence-corrected chi connectivity index (χ4v) is 3.06. The first kappa shape index (κ1) is 14.9. The lowest BCUT2D eigenvalue weighted by molar-refractivity contribution is -0.135. The van der Waals surface area contributed by atoms with E-state index in [-0.39, 0.29) is 15.9 Å². The van der Waals surface area contributed by atoms with Crippen LogP contribution in [0.3, 0.4) is 0 Å². The van der Waals surface area contributed by atoms with E-state index in [1.165, 1.54) is 13.0 Å². The van der Waals surface area contributed by atoms with E-state index in [4.69, 9.17) is 5.11 Å². The fraction of sp³-hybridized carbons (Fsp3) is 0.300. The second-order valence-electron chi connectivity index (χ2n) is 3.40. The van der Waals surface area contributed by atoms with Crippen LogP contribution in [0.5, 0.6) is 0 Å². The van der Waals surface area contributed by atoms with Gasteiger partial charge in [-0.25, -0.2) is 12.8 Å². The quantitative estimate of drug-likeness (QED) is 0.887. The lowest BCUT2D eigenvalue weighted by atomic mass is 10.3. The minimum absolute atomic E-state index is 0.0978. The highest BCUT2D eigenvalue weighted by Gasteiger charge is 2.25. The molecule has 0 aliphatic rings. The average molecular weight is 340 g/mol. The summed E-state index contributed by atoms with van der Waals surface area (Å²) in [6.07, 6.45) is 0. The van der Waals surface area contributed by atoms with E-state index in [0.29, 0.717) is 0 Å². The summed E-state index contributed by atoms with van der Waals surface area (Å²) in [4.78, 5) is 10.7. The van der Waals surface area contributed by atoms with E-state index in [0.717, 1.165) is 16.4 Å². The zero-order valence-electron chi connectivity index (χ0n) is 9.43. The Kier molecular flexibility index (Phi) is 4.69. The third kappa shape index (κ3) is 3.42. The maximum atomic E-state index is 12.9. The van der Waals surface area contributed by atoms with Crippen LogP contribution in [0.25, 0.3) is 0 Å². The zero-order chi connectivity index (χ0) is 13.9. The standard InChI is InChI=1S/C10H11BrFNO4S/c1-2-18(16,17)13(6-10(14)15)9-4-3-7(12)5-8(9)11/h3-5H,2,6H2,1H3,(H,14,15). The van der Waals surface area contributed by atoms with Gasteiger partial charge in [-0.15, -0.1) is 0 Å². The van der Waals surface area contributed by atoms with Crippen molar-refractivity contribution in [3.63, 3.8) is 0 Å². The molecular formula is C10H11BrFNO4S. The zero-order valence-corrected chi connectivity index (χ0v) is 11.8. The number of rotatable bonds is 5. The van der Waals surface area contributed by atoms with Gasteiger partial charge >= 0.3 is 5.97 Å². The van der Waals surface area contributed by atoms with Gasteiger partial charge in [0.1, 0.15) is 12.4 Å². The van der Waals surface area contributed by atoms with Crippen molar-refractivity contribution in [1.29, 1.82) is 0 Å². The predicted molar refractivity (Wildman–Crippen MR) is 68.5 cm³/mol. The third-order valence-electron chi connectivity index (χ3n) is 2.16. The molecule has 0 spiro atoms. The summed E-state index contributed by atoms with van der Waals surface area (Å²) < 4.78 is 37.5. The van der Waals surface area contributed by atoms with Gasteiger partial charge in [0.15, 0.2) is 0 Å². The Morgan fingerprint density at radius 2 is 2.11 bits per heavy atom. The molecule has 0 heterocycles. The molecule has 0 aliphatic carbocycles. The van der Waals surface area contributed by atoms with Crippen LogP contribution in [-0.4, -0.2) is 31.8 Å². The maximum absolute atomic E-state index is 12.9. The SMILES string of the molecule is CCS(=O)(=O)N(CC(=O)O)c1ccc(F)cc1Br. The number of sulfonamides is 1. The molecule has 0 aromatic heterocycles. The normalized spacial score (nSPS) is 11.3. The summed E-state index contributed by atoms with van der Waals surface area (Å²) in [6, 6.07) is 3.37. The van der Waals surface area contributed by atoms with Gasteiger partial charge in [-0.2, -0.15) is 0 Å². The van der Waals surface area contributed by atoms with Crippen molar-refractivity contribution in [3.05, 3.63) is 28.5 Å². The molecule has 1 N–H and O–H groups in total. The van der Waals surface area contributed by atoms with E-state index >= 15 is 0 Å². The van der Waals surface area contributed by atoms with Crippen LogP contribution in [0.2, 0.25) is 0 Å². The first-order valence-corrected chi connectivity index (χ1v) is 7.35. The maximum Gasteiger partial charge on any atom is 0.324 e. The Balaban J connectivity index is 3.30. The first-order chi connectivity index (χ1) is 8.27. The van der Waals surface area contributed by atoms with E-state index in [9.17, 15) is 17.6 Å². The van der Waals surface area contributed by atoms with Gasteiger partial charge in [0.05, 0.1) is 11.4 Å². The van der Waals surface area contributed by atoms with Gasteiger partial charge in [0.2, 0.25) is 10.0 Å². The van der Waals surface area contributed by atoms with Crippen molar-refractivity contribution in [2.45, 2.75) is 6.92 Å². The first-order valence-electron chi connectivity index (χ1n) is 4.95. The Morgan fingerprint density at radius 1 is 1.50 bits per heavy atom. The van der Waals surface area contributed by atoms with Gasteiger partial charge in [-0.1, -0.05) is 0 Å². The molecule has 0 aliphatic heterocycles. The smallest absolute Gasteiger partial charge is 0.324 e. The number of aliphatic carboxylic acids is 1. The summed E-state index contributed by atoms with van der Waals surface area (Å²) >= 11 is 3.02. The van der Waals surface area contributed by atoms with Gasteiger partial charge in [-0.05, 0) is 41.1 Å². The molecule has 100 valence electrons. The number of anilines is 1. The Bertz CT molecular complexity index is 561. The van der Waals surface area contributed by atoms with Gasteiger partial charge < -0.3 is 5.11 Å². The molecule has 0 bridgehead atoms. The lowest BCUT2D eigenvalue weighted by Gasteiger charge is -2.23. The number of carboxylic acids is 1. The molecule has 0 atom stereocenters. The third-order valence-corrected chi connectivity index (χ3v) is 4.52. The molecule has 5 nitrogen and oxygen atoms in total. The molecule has 1 rings (SSSR count). The number of hydrogen-bond acceptors (Lipinski definition) is 3. The Labute approximate surface area is 112 Å². The molecule has 18 heavy (non-hydrogen) atoms. The number of hydrogen-bond donors (Lipinski definition) is 1. The van der Waals surface area contributed by atoms with Crippen LogP contribution in [0.1, 0.15) is 6.92 Å². The van der Waals surface area contributed by atoms with Crippen molar-refractivity contribution in [1.82, 2.24) is 0 Å². The monoisotopic (exact) mass is 339 g/mol. The van der Waals surface area contributed by atoms with E-state index in [1.54, 1.807) is 0 Å². The fourth-order valence-electron chi connectivity index (χ4n) is 1.30. The molecule has 0 fully saturated rings. The Morgan fingerprint density at radius 3 is 2.56 bits per heavy atom. The second-order valence-corrected chi connectivity index (χ2v) is 6.43. The van der Waals surface area contributed by atoms with E-state index in [1.807, 2.05) is 0 Å². The lowest BCUT2D eigenvalue weighted by Crippen LogP contribution is -2.37. The summed E-state index contributed by atoms with van der Waals surface area (Å²) in [6.45, 7) is 0.696. The molecule has 0 saturated heterocycles. The highest BCUT2D eigenvalue weighted by atomic mass is 79.9. The van der Waals surface area contributed by atoms with Crippen LogP contribution in [-0.2, 0) is 14.8 Å². The largest absolute Gasteiger partial charge is 0.480 e. The number of carbonyl (C=O) groups is 1. The summed E-state index contributed by atoms with van der Waals surface area (Å²) in [5.74, 6) is -2.08. The molecule has 8 heteroatoms. The topological polar surface area (TPSA) is 74.7 Å². The molecule has 0 amide bonds. The van der Waals surface area contributed by atoms with Crippen LogP contribution in [0, 0.1) is 5.82 Å². The van der Waals surface area contributed by atoms with Crippen LogP contribution in [0.15, 0.2) is 22.7 Å². The number of halogens is 2. The summed E-state index contributed by atoms with van der Waals surface area (Å²) in [7, 11) is -3.74. The van der Waals surface area contributed by atoms with Gasteiger partial charge in [0, 0.05) is 4.47 Å². The molecule has 0 unspecified atom stereocenters. The van der Waals surface area contributed by atoms with Gasteiger partial charge in [-0.3, -0.25) is 9.10 Å². The average Bonchev–Trinajstić information content (AvgIpc) is 2.26. The molecular weight excluding hydrogens is 329 g/mol. The Hall–Kier alpha value is -1.15.